The van der Waals surface area contributed by atoms with E-state index in [0.29, 0.717) is 17.1 Å². The van der Waals surface area contributed by atoms with Crippen LogP contribution in [0.15, 0.2) is 36.4 Å². The first-order valence-corrected chi connectivity index (χ1v) is 9.39. The van der Waals surface area contributed by atoms with Crippen LogP contribution in [0.3, 0.4) is 0 Å². The van der Waals surface area contributed by atoms with Crippen LogP contribution in [0.2, 0.25) is 5.02 Å². The molecule has 0 unspecified atom stereocenters. The van der Waals surface area contributed by atoms with Crippen LogP contribution in [0.4, 0.5) is 11.4 Å². The third-order valence-electron chi connectivity index (χ3n) is 4.92. The molecular weight excluding hydrogens is 360 g/mol. The molecule has 1 aliphatic heterocycles. The smallest absolute Gasteiger partial charge is 0.238 e. The molecule has 140 valence electrons. The normalized spacial score (nSPS) is 14.7. The van der Waals surface area contributed by atoms with Crippen molar-refractivity contribution in [3.8, 4) is 6.07 Å². The van der Waals surface area contributed by atoms with Gasteiger partial charge in [-0.15, -0.1) is 0 Å². The highest BCUT2D eigenvalue weighted by Crippen LogP contribution is 2.24. The Kier molecular flexibility index (Phi) is 6.00. The molecule has 27 heavy (non-hydrogen) atoms. The Balaban J connectivity index is 1.54. The monoisotopic (exact) mass is 382 g/mol. The molecule has 2 aromatic carbocycles. The number of hydrogen-bond donors (Lipinski definition) is 1. The van der Waals surface area contributed by atoms with Crippen molar-refractivity contribution in [2.24, 2.45) is 0 Å². The first kappa shape index (κ1) is 19.2. The van der Waals surface area contributed by atoms with E-state index in [2.05, 4.69) is 21.2 Å². The lowest BCUT2D eigenvalue weighted by Crippen LogP contribution is -2.48. The summed E-state index contributed by atoms with van der Waals surface area (Å²) in [6.45, 7) is 7.64. The lowest BCUT2D eigenvalue weighted by Gasteiger charge is -2.35. The molecule has 0 aromatic heterocycles. The molecule has 1 fully saturated rings. The van der Waals surface area contributed by atoms with Gasteiger partial charge in [-0.2, -0.15) is 5.26 Å². The Morgan fingerprint density at radius 1 is 1.15 bits per heavy atom. The van der Waals surface area contributed by atoms with Crippen molar-refractivity contribution in [1.82, 2.24) is 4.90 Å². The molecule has 2 aromatic rings. The first-order valence-electron chi connectivity index (χ1n) is 9.01. The number of hydrogen-bond acceptors (Lipinski definition) is 4. The number of nitriles is 1. The van der Waals surface area contributed by atoms with Gasteiger partial charge in [0.1, 0.15) is 6.07 Å². The van der Waals surface area contributed by atoms with Crippen molar-refractivity contribution in [3.05, 3.63) is 58.1 Å². The quantitative estimate of drug-likeness (QED) is 0.877. The summed E-state index contributed by atoms with van der Waals surface area (Å²) in [6.07, 6.45) is 0. The van der Waals surface area contributed by atoms with E-state index in [0.717, 1.165) is 48.7 Å². The average Bonchev–Trinajstić information content (AvgIpc) is 2.65. The number of rotatable bonds is 4. The zero-order chi connectivity index (χ0) is 19.4. The van der Waals surface area contributed by atoms with Crippen molar-refractivity contribution in [1.29, 1.82) is 5.26 Å². The number of aryl methyl sites for hydroxylation is 2. The predicted molar refractivity (Wildman–Crippen MR) is 109 cm³/mol. The summed E-state index contributed by atoms with van der Waals surface area (Å²) in [7, 11) is 0. The van der Waals surface area contributed by atoms with E-state index in [1.165, 1.54) is 0 Å². The number of nitrogens with zero attached hydrogens (tertiary/aromatic N) is 3. The number of benzene rings is 2. The predicted octanol–water partition coefficient (Wildman–Crippen LogP) is 3.59. The van der Waals surface area contributed by atoms with Crippen molar-refractivity contribution in [3.63, 3.8) is 0 Å². The minimum absolute atomic E-state index is 0.0160. The van der Waals surface area contributed by atoms with Gasteiger partial charge in [-0.05, 0) is 43.2 Å². The molecule has 5 nitrogen and oxygen atoms in total. The Hall–Kier alpha value is -2.55. The highest BCUT2D eigenvalue weighted by atomic mass is 35.5. The van der Waals surface area contributed by atoms with Crippen molar-refractivity contribution in [2.45, 2.75) is 13.8 Å². The largest absolute Gasteiger partial charge is 0.369 e. The van der Waals surface area contributed by atoms with Crippen LogP contribution in [0.5, 0.6) is 0 Å². The fourth-order valence-electron chi connectivity index (χ4n) is 3.35. The van der Waals surface area contributed by atoms with Crippen molar-refractivity contribution in [2.75, 3.05) is 42.9 Å². The molecule has 0 aliphatic carbocycles. The van der Waals surface area contributed by atoms with Crippen molar-refractivity contribution >= 4 is 28.9 Å². The maximum Gasteiger partial charge on any atom is 0.238 e. The van der Waals surface area contributed by atoms with Gasteiger partial charge in [-0.25, -0.2) is 0 Å². The summed E-state index contributed by atoms with van der Waals surface area (Å²) in [5.41, 5.74) is 4.56. The second kappa shape index (κ2) is 8.43. The molecule has 1 amide bonds. The zero-order valence-corrected chi connectivity index (χ0v) is 16.4. The lowest BCUT2D eigenvalue weighted by molar-refractivity contribution is -0.117. The summed E-state index contributed by atoms with van der Waals surface area (Å²) >= 11 is 6.14. The zero-order valence-electron chi connectivity index (χ0n) is 15.6. The molecule has 3 rings (SSSR count). The number of nitrogens with one attached hydrogen (secondary N) is 1. The van der Waals surface area contributed by atoms with Gasteiger partial charge in [0, 0.05) is 37.6 Å². The van der Waals surface area contributed by atoms with Gasteiger partial charge in [0.2, 0.25) is 5.91 Å². The summed E-state index contributed by atoms with van der Waals surface area (Å²) in [4.78, 5) is 16.8. The summed E-state index contributed by atoms with van der Waals surface area (Å²) in [5, 5.41) is 12.5. The Labute approximate surface area is 165 Å². The fraction of sp³-hybridized carbons (Fsp3) is 0.333. The van der Waals surface area contributed by atoms with E-state index in [1.807, 2.05) is 44.2 Å². The number of carbonyl (C=O) groups is 1. The van der Waals surface area contributed by atoms with Crippen LogP contribution >= 0.6 is 11.6 Å². The van der Waals surface area contributed by atoms with Gasteiger partial charge in [0.05, 0.1) is 17.1 Å². The fourth-order valence-corrected chi connectivity index (χ4v) is 3.57. The van der Waals surface area contributed by atoms with Crippen LogP contribution < -0.4 is 10.2 Å². The van der Waals surface area contributed by atoms with Crippen LogP contribution in [0.25, 0.3) is 0 Å². The van der Waals surface area contributed by atoms with Gasteiger partial charge in [-0.1, -0.05) is 29.8 Å². The molecule has 0 bridgehead atoms. The number of amides is 1. The molecular formula is C21H23ClN4O. The topological polar surface area (TPSA) is 59.4 Å². The maximum absolute atomic E-state index is 12.4. The summed E-state index contributed by atoms with van der Waals surface area (Å²) < 4.78 is 0. The minimum Gasteiger partial charge on any atom is -0.369 e. The molecule has 0 saturated carbocycles. The highest BCUT2D eigenvalue weighted by molar-refractivity contribution is 6.32. The van der Waals surface area contributed by atoms with Gasteiger partial charge in [0.15, 0.2) is 0 Å². The van der Waals surface area contributed by atoms with Crippen LogP contribution in [-0.4, -0.2) is 43.5 Å². The van der Waals surface area contributed by atoms with E-state index >= 15 is 0 Å². The third-order valence-corrected chi connectivity index (χ3v) is 5.24. The molecule has 1 N–H and O–H groups in total. The number of carbonyl (C=O) groups excluding carboxylic acids is 1. The SMILES string of the molecule is Cc1cccc(C)c1NC(=O)CN1CCN(c2ccc(C#N)c(Cl)c2)CC1. The minimum atomic E-state index is 0.0160. The van der Waals surface area contributed by atoms with Gasteiger partial charge in [-0.3, -0.25) is 9.69 Å². The lowest BCUT2D eigenvalue weighted by atomic mass is 10.1. The summed E-state index contributed by atoms with van der Waals surface area (Å²) in [5.74, 6) is 0.0160. The molecule has 0 atom stereocenters. The third kappa shape index (κ3) is 4.60. The van der Waals surface area contributed by atoms with Crippen LogP contribution in [0, 0.1) is 25.2 Å². The number of piperazine rings is 1. The van der Waals surface area contributed by atoms with E-state index in [1.54, 1.807) is 6.07 Å². The van der Waals surface area contributed by atoms with E-state index in [4.69, 9.17) is 16.9 Å². The molecule has 0 spiro atoms. The first-order chi connectivity index (χ1) is 13.0. The van der Waals surface area contributed by atoms with Crippen LogP contribution in [-0.2, 0) is 4.79 Å². The molecule has 6 heteroatoms. The van der Waals surface area contributed by atoms with E-state index < -0.39 is 0 Å². The molecule has 1 saturated heterocycles. The molecule has 1 heterocycles. The van der Waals surface area contributed by atoms with E-state index in [9.17, 15) is 4.79 Å². The Morgan fingerprint density at radius 2 is 1.81 bits per heavy atom. The number of anilines is 2. The highest BCUT2D eigenvalue weighted by Gasteiger charge is 2.20. The summed E-state index contributed by atoms with van der Waals surface area (Å²) in [6, 6.07) is 13.6. The molecule has 0 radical (unpaired) electrons. The average molecular weight is 383 g/mol. The van der Waals surface area contributed by atoms with E-state index in [-0.39, 0.29) is 5.91 Å². The van der Waals surface area contributed by atoms with Gasteiger partial charge in [0.25, 0.3) is 0 Å². The second-order valence-electron chi connectivity index (χ2n) is 6.85. The van der Waals surface area contributed by atoms with Crippen LogP contribution in [0.1, 0.15) is 16.7 Å². The Morgan fingerprint density at radius 3 is 2.41 bits per heavy atom. The van der Waals surface area contributed by atoms with Crippen molar-refractivity contribution < 1.29 is 4.79 Å². The van der Waals surface area contributed by atoms with Gasteiger partial charge < -0.3 is 10.2 Å². The van der Waals surface area contributed by atoms with Gasteiger partial charge >= 0.3 is 0 Å². The second-order valence-corrected chi connectivity index (χ2v) is 7.26. The maximum atomic E-state index is 12.4. The standard InChI is InChI=1S/C21H23ClN4O/c1-15-4-3-5-16(2)21(15)24-20(27)14-25-8-10-26(11-9-25)18-7-6-17(13-23)19(22)12-18/h3-7,12H,8-11,14H2,1-2H3,(H,24,27). The number of halogens is 1. The number of para-hydroxylation sites is 1. The molecule has 1 aliphatic rings. The Bertz CT molecular complexity index is 862.